The highest BCUT2D eigenvalue weighted by Gasteiger charge is 2.51. The first kappa shape index (κ1) is 18.5. The molecule has 0 atom stereocenters. The van der Waals surface area contributed by atoms with E-state index in [1.54, 1.807) is 0 Å². The van der Waals surface area contributed by atoms with Gasteiger partial charge in [-0.3, -0.25) is 4.79 Å². The van der Waals surface area contributed by atoms with Gasteiger partial charge < -0.3 is 4.74 Å². The number of hydrogen-bond donors (Lipinski definition) is 0. The molecule has 0 aromatic rings. The lowest BCUT2D eigenvalue weighted by Gasteiger charge is -2.17. The zero-order valence-electron chi connectivity index (χ0n) is 9.08. The molecule has 2 nitrogen and oxygen atoms in total. The SMILES string of the molecule is CC(=O)OC(C)(C)C.FC(F)(F)C(Cl)(Cl)Cl. The van der Waals surface area contributed by atoms with Gasteiger partial charge in [0, 0.05) is 6.92 Å². The third-order valence-electron chi connectivity index (χ3n) is 0.771. The molecule has 0 fully saturated rings. The summed E-state index contributed by atoms with van der Waals surface area (Å²) in [7, 11) is 0. The highest BCUT2D eigenvalue weighted by Crippen LogP contribution is 2.42. The number of hydrogen-bond acceptors (Lipinski definition) is 2. The molecule has 0 saturated heterocycles. The molecule has 0 bridgehead atoms. The number of carbonyl (C=O) groups is 1. The molecule has 8 heteroatoms. The fraction of sp³-hybridized carbons (Fsp3) is 0.875. The molecule has 0 heterocycles. The first-order chi connectivity index (χ1) is 6.67. The van der Waals surface area contributed by atoms with E-state index in [-0.39, 0.29) is 11.6 Å². The molecule has 0 radical (unpaired) electrons. The quantitative estimate of drug-likeness (QED) is 0.493. The summed E-state index contributed by atoms with van der Waals surface area (Å²) >= 11 is 13.2. The van der Waals surface area contributed by atoms with Gasteiger partial charge in [-0.2, -0.15) is 13.2 Å². The molecule has 0 aromatic heterocycles. The Morgan fingerprint density at radius 2 is 1.31 bits per heavy atom. The van der Waals surface area contributed by atoms with Gasteiger partial charge in [0.25, 0.3) is 3.79 Å². The van der Waals surface area contributed by atoms with Crippen LogP contribution in [0.2, 0.25) is 0 Å². The number of esters is 1. The lowest BCUT2D eigenvalue weighted by Crippen LogP contribution is -2.27. The minimum absolute atomic E-state index is 0.225. The highest BCUT2D eigenvalue weighted by molar-refractivity contribution is 6.68. The van der Waals surface area contributed by atoms with Crippen LogP contribution in [0.1, 0.15) is 27.7 Å². The van der Waals surface area contributed by atoms with Crippen LogP contribution in [0.3, 0.4) is 0 Å². The molecule has 0 spiro atoms. The Hall–Kier alpha value is 0.130. The second-order valence-corrected chi connectivity index (χ2v) is 5.98. The smallest absolute Gasteiger partial charge is 0.435 e. The zero-order valence-corrected chi connectivity index (χ0v) is 11.4. The Bertz CT molecular complexity index is 216. The van der Waals surface area contributed by atoms with E-state index in [4.69, 9.17) is 4.74 Å². The van der Waals surface area contributed by atoms with Crippen LogP contribution in [0, 0.1) is 0 Å². The average Bonchev–Trinajstić information content (AvgIpc) is 1.74. The fourth-order valence-corrected chi connectivity index (χ4v) is 0.431. The van der Waals surface area contributed by atoms with Crippen molar-refractivity contribution >= 4 is 40.8 Å². The van der Waals surface area contributed by atoms with Crippen LogP contribution in [0.15, 0.2) is 0 Å². The fourth-order valence-electron chi connectivity index (χ4n) is 0.431. The number of ether oxygens (including phenoxy) is 1. The van der Waals surface area contributed by atoms with E-state index in [2.05, 4.69) is 34.8 Å². The Kier molecular flexibility index (Phi) is 7.13. The van der Waals surface area contributed by atoms with Crippen molar-refractivity contribution in [1.82, 2.24) is 0 Å². The van der Waals surface area contributed by atoms with Gasteiger partial charge in [0.1, 0.15) is 5.60 Å². The van der Waals surface area contributed by atoms with Crippen LogP contribution >= 0.6 is 34.8 Å². The second kappa shape index (κ2) is 6.17. The van der Waals surface area contributed by atoms with Gasteiger partial charge in [-0.15, -0.1) is 0 Å². The average molecular weight is 304 g/mol. The summed E-state index contributed by atoms with van der Waals surface area (Å²) in [5, 5.41) is 0. The number of rotatable bonds is 0. The monoisotopic (exact) mass is 302 g/mol. The van der Waals surface area contributed by atoms with Crippen LogP contribution in [0.5, 0.6) is 0 Å². The van der Waals surface area contributed by atoms with Crippen LogP contribution in [-0.2, 0) is 9.53 Å². The maximum Gasteiger partial charge on any atom is 0.435 e. The van der Waals surface area contributed by atoms with Crippen molar-refractivity contribution < 1.29 is 22.7 Å². The molecule has 0 rings (SSSR count). The predicted octanol–water partition coefficient (Wildman–Crippen LogP) is 4.27. The van der Waals surface area contributed by atoms with Crippen molar-refractivity contribution in [3.05, 3.63) is 0 Å². The Morgan fingerprint density at radius 1 is 1.06 bits per heavy atom. The lowest BCUT2D eigenvalue weighted by atomic mass is 10.2. The van der Waals surface area contributed by atoms with Crippen LogP contribution in [0.25, 0.3) is 0 Å². The maximum absolute atomic E-state index is 11.2. The van der Waals surface area contributed by atoms with Crippen molar-refractivity contribution in [3.8, 4) is 0 Å². The van der Waals surface area contributed by atoms with Crippen molar-refractivity contribution in [2.75, 3.05) is 0 Å². The normalized spacial score (nSPS) is 12.6. The van der Waals surface area contributed by atoms with Crippen LogP contribution in [0.4, 0.5) is 13.2 Å². The summed E-state index contributed by atoms with van der Waals surface area (Å²) < 4.78 is 35.2. The summed E-state index contributed by atoms with van der Waals surface area (Å²) in [5.41, 5.74) is -0.328. The summed E-state index contributed by atoms with van der Waals surface area (Å²) in [4.78, 5) is 10.2. The molecule has 0 saturated carbocycles. The van der Waals surface area contributed by atoms with Gasteiger partial charge in [-0.1, -0.05) is 34.8 Å². The van der Waals surface area contributed by atoms with E-state index in [1.807, 2.05) is 20.8 Å². The zero-order chi connectivity index (χ0) is 13.8. The first-order valence-corrected chi connectivity index (χ1v) is 5.13. The minimum Gasteiger partial charge on any atom is -0.460 e. The lowest BCUT2D eigenvalue weighted by molar-refractivity contribution is -0.151. The molecule has 16 heavy (non-hydrogen) atoms. The molecule has 0 aliphatic carbocycles. The van der Waals surface area contributed by atoms with Crippen LogP contribution < -0.4 is 0 Å². The topological polar surface area (TPSA) is 26.3 Å². The predicted molar refractivity (Wildman–Crippen MR) is 57.9 cm³/mol. The summed E-state index contributed by atoms with van der Waals surface area (Å²) in [6.07, 6.45) is -4.77. The van der Waals surface area contributed by atoms with E-state index in [9.17, 15) is 18.0 Å². The Balaban J connectivity index is 0. The molecule has 98 valence electrons. The molecule has 0 aromatic carbocycles. The van der Waals surface area contributed by atoms with E-state index in [0.717, 1.165) is 0 Å². The van der Waals surface area contributed by atoms with Crippen molar-refractivity contribution in [1.29, 1.82) is 0 Å². The standard InChI is InChI=1S/C6H12O2.C2Cl3F3/c1-5(7)8-6(2,3)4;3-1(4,5)2(6,7)8/h1-4H3;. The van der Waals surface area contributed by atoms with Gasteiger partial charge >= 0.3 is 12.1 Å². The molecule has 0 unspecified atom stereocenters. The molecule has 0 aliphatic heterocycles. The molecule has 0 aliphatic rings. The molecule has 0 N–H and O–H groups in total. The van der Waals surface area contributed by atoms with E-state index >= 15 is 0 Å². The summed E-state index contributed by atoms with van der Waals surface area (Å²) in [6, 6.07) is 0. The molecular weight excluding hydrogens is 291 g/mol. The largest absolute Gasteiger partial charge is 0.460 e. The molecule has 0 amide bonds. The Morgan fingerprint density at radius 3 is 1.31 bits per heavy atom. The number of carbonyl (C=O) groups excluding carboxylic acids is 1. The maximum atomic E-state index is 11.2. The highest BCUT2D eigenvalue weighted by atomic mass is 35.6. The first-order valence-electron chi connectivity index (χ1n) is 4.00. The van der Waals surface area contributed by atoms with Gasteiger partial charge in [-0.25, -0.2) is 0 Å². The second-order valence-electron chi connectivity index (χ2n) is 3.70. The van der Waals surface area contributed by atoms with E-state index in [0.29, 0.717) is 0 Å². The van der Waals surface area contributed by atoms with Crippen LogP contribution in [-0.4, -0.2) is 21.5 Å². The van der Waals surface area contributed by atoms with Crippen molar-refractivity contribution in [3.63, 3.8) is 0 Å². The van der Waals surface area contributed by atoms with Gasteiger partial charge in [0.05, 0.1) is 0 Å². The van der Waals surface area contributed by atoms with Gasteiger partial charge in [0.2, 0.25) is 0 Å². The summed E-state index contributed by atoms with van der Waals surface area (Å²) in [5.74, 6) is -0.225. The van der Waals surface area contributed by atoms with Crippen molar-refractivity contribution in [2.45, 2.75) is 43.3 Å². The number of alkyl halides is 6. The van der Waals surface area contributed by atoms with E-state index in [1.165, 1.54) is 6.92 Å². The third kappa shape index (κ3) is 12.2. The van der Waals surface area contributed by atoms with E-state index < -0.39 is 9.97 Å². The molecular formula is C8H12Cl3F3O2. The van der Waals surface area contributed by atoms with Crippen molar-refractivity contribution in [2.24, 2.45) is 0 Å². The van der Waals surface area contributed by atoms with Gasteiger partial charge in [-0.05, 0) is 20.8 Å². The Labute approximate surface area is 107 Å². The summed E-state index contributed by atoms with van der Waals surface area (Å²) in [6.45, 7) is 6.93. The number of halogens is 6. The van der Waals surface area contributed by atoms with Gasteiger partial charge in [0.15, 0.2) is 0 Å². The third-order valence-corrected chi connectivity index (χ3v) is 1.41. The minimum atomic E-state index is -4.77.